The van der Waals surface area contributed by atoms with Crippen molar-refractivity contribution in [3.8, 4) is 40.2 Å². The Morgan fingerprint density at radius 2 is 1.72 bits per heavy atom. The quantitative estimate of drug-likeness (QED) is 0.449. The fraction of sp³-hybridized carbons (Fsp3) is 0.174. The first kappa shape index (κ1) is 21.0. The van der Waals surface area contributed by atoms with E-state index < -0.39 is 0 Å². The summed E-state index contributed by atoms with van der Waals surface area (Å²) in [6.45, 7) is 0.0437. The zero-order valence-electron chi connectivity index (χ0n) is 17.9. The Morgan fingerprint density at radius 3 is 2.38 bits per heavy atom. The topological polar surface area (TPSA) is 101 Å². The first-order chi connectivity index (χ1) is 15.6. The Morgan fingerprint density at radius 1 is 1.00 bits per heavy atom. The molecule has 1 amide bonds. The Kier molecular flexibility index (Phi) is 6.07. The molecule has 0 bridgehead atoms. The first-order valence-corrected chi connectivity index (χ1v) is 9.77. The summed E-state index contributed by atoms with van der Waals surface area (Å²) in [7, 11) is 4.55. The lowest BCUT2D eigenvalue weighted by atomic mass is 10.2. The number of methoxy groups -OCH3 is 3. The Labute approximate surface area is 184 Å². The molecule has 0 unspecified atom stereocenters. The standard InChI is InChI=1S/C23H22N4O5/c1-29-18-12-16(13-19(30-2)21(18)31-3)24-20(28)14-27-11-7-10-17(27)23-25-22(26-32-23)15-8-5-4-6-9-15/h4-13H,14H2,1-3H3,(H,24,28). The van der Waals surface area contributed by atoms with Gasteiger partial charge in [0.15, 0.2) is 11.5 Å². The fourth-order valence-corrected chi connectivity index (χ4v) is 3.29. The maximum absolute atomic E-state index is 12.7. The largest absolute Gasteiger partial charge is 0.493 e. The van der Waals surface area contributed by atoms with Crippen LogP contribution in [0, 0.1) is 0 Å². The van der Waals surface area contributed by atoms with Gasteiger partial charge in [0.05, 0.1) is 21.3 Å². The molecule has 1 N–H and O–H groups in total. The maximum Gasteiger partial charge on any atom is 0.274 e. The van der Waals surface area contributed by atoms with E-state index in [0.717, 1.165) is 5.56 Å². The molecule has 0 atom stereocenters. The van der Waals surface area contributed by atoms with Crippen molar-refractivity contribution in [3.05, 3.63) is 60.8 Å². The second kappa shape index (κ2) is 9.25. The number of nitrogens with zero attached hydrogens (tertiary/aromatic N) is 3. The molecule has 0 aliphatic rings. The predicted octanol–water partition coefficient (Wildman–Crippen LogP) is 3.87. The predicted molar refractivity (Wildman–Crippen MR) is 118 cm³/mol. The van der Waals surface area contributed by atoms with E-state index in [4.69, 9.17) is 18.7 Å². The summed E-state index contributed by atoms with van der Waals surface area (Å²) < 4.78 is 23.1. The second-order valence-corrected chi connectivity index (χ2v) is 6.77. The van der Waals surface area contributed by atoms with Crippen LogP contribution in [0.15, 0.2) is 65.3 Å². The minimum absolute atomic E-state index is 0.0437. The van der Waals surface area contributed by atoms with Gasteiger partial charge in [-0.15, -0.1) is 0 Å². The minimum atomic E-state index is -0.250. The van der Waals surface area contributed by atoms with E-state index in [-0.39, 0.29) is 12.5 Å². The number of carbonyl (C=O) groups excluding carboxylic acids is 1. The molecule has 0 saturated carbocycles. The van der Waals surface area contributed by atoms with Crippen LogP contribution < -0.4 is 19.5 Å². The molecule has 0 saturated heterocycles. The first-order valence-electron chi connectivity index (χ1n) is 9.77. The average Bonchev–Trinajstić information content (AvgIpc) is 3.48. The number of rotatable bonds is 8. The van der Waals surface area contributed by atoms with Gasteiger partial charge in [-0.2, -0.15) is 4.98 Å². The van der Waals surface area contributed by atoms with Crippen LogP contribution in [0.1, 0.15) is 0 Å². The SMILES string of the molecule is COc1cc(NC(=O)Cn2cccc2-c2nc(-c3ccccc3)no2)cc(OC)c1OC. The molecule has 32 heavy (non-hydrogen) atoms. The highest BCUT2D eigenvalue weighted by molar-refractivity contribution is 5.91. The van der Waals surface area contributed by atoms with E-state index in [2.05, 4.69) is 15.5 Å². The van der Waals surface area contributed by atoms with Crippen LogP contribution in [-0.4, -0.2) is 41.9 Å². The Balaban J connectivity index is 1.52. The zero-order valence-corrected chi connectivity index (χ0v) is 17.9. The lowest BCUT2D eigenvalue weighted by Crippen LogP contribution is -2.19. The van der Waals surface area contributed by atoms with Crippen molar-refractivity contribution in [1.82, 2.24) is 14.7 Å². The third kappa shape index (κ3) is 4.27. The molecule has 9 nitrogen and oxygen atoms in total. The summed E-state index contributed by atoms with van der Waals surface area (Å²) in [5.74, 6) is 1.90. The number of amides is 1. The molecule has 0 aliphatic carbocycles. The van der Waals surface area contributed by atoms with Gasteiger partial charge in [0.2, 0.25) is 17.5 Å². The normalized spacial score (nSPS) is 10.6. The summed E-state index contributed by atoms with van der Waals surface area (Å²) in [5.41, 5.74) is 2.00. The zero-order chi connectivity index (χ0) is 22.5. The van der Waals surface area contributed by atoms with Gasteiger partial charge in [-0.05, 0) is 12.1 Å². The maximum atomic E-state index is 12.7. The highest BCUT2D eigenvalue weighted by Crippen LogP contribution is 2.40. The summed E-state index contributed by atoms with van der Waals surface area (Å²) in [5, 5.41) is 6.89. The Hall–Kier alpha value is -4.27. The Bertz CT molecular complexity index is 1190. The minimum Gasteiger partial charge on any atom is -0.493 e. The number of nitrogens with one attached hydrogen (secondary N) is 1. The lowest BCUT2D eigenvalue weighted by Gasteiger charge is -2.15. The van der Waals surface area contributed by atoms with Crippen LogP contribution in [0.2, 0.25) is 0 Å². The number of aromatic nitrogens is 3. The molecule has 2 aromatic carbocycles. The number of hydrogen-bond donors (Lipinski definition) is 1. The van der Waals surface area contributed by atoms with Crippen LogP contribution >= 0.6 is 0 Å². The van der Waals surface area contributed by atoms with Crippen molar-refractivity contribution in [2.24, 2.45) is 0 Å². The van der Waals surface area contributed by atoms with Gasteiger partial charge in [0.25, 0.3) is 5.89 Å². The third-order valence-electron chi connectivity index (χ3n) is 4.77. The van der Waals surface area contributed by atoms with E-state index in [1.165, 1.54) is 21.3 Å². The van der Waals surface area contributed by atoms with Crippen LogP contribution in [0.5, 0.6) is 17.2 Å². The smallest absolute Gasteiger partial charge is 0.274 e. The molecular weight excluding hydrogens is 412 g/mol. The van der Waals surface area contributed by atoms with Gasteiger partial charge in [-0.25, -0.2) is 0 Å². The van der Waals surface area contributed by atoms with Crippen molar-refractivity contribution in [1.29, 1.82) is 0 Å². The van der Waals surface area contributed by atoms with Crippen molar-refractivity contribution >= 4 is 11.6 Å². The van der Waals surface area contributed by atoms with Crippen molar-refractivity contribution in [2.45, 2.75) is 6.54 Å². The molecular formula is C23H22N4O5. The molecule has 4 rings (SSSR count). The van der Waals surface area contributed by atoms with E-state index in [9.17, 15) is 4.79 Å². The lowest BCUT2D eigenvalue weighted by molar-refractivity contribution is -0.116. The number of ether oxygens (including phenoxy) is 3. The van der Waals surface area contributed by atoms with E-state index in [1.807, 2.05) is 42.5 Å². The molecule has 0 fully saturated rings. The van der Waals surface area contributed by atoms with Gasteiger partial charge >= 0.3 is 0 Å². The number of hydrogen-bond acceptors (Lipinski definition) is 7. The summed E-state index contributed by atoms with van der Waals surface area (Å²) >= 11 is 0. The van der Waals surface area contributed by atoms with Crippen molar-refractivity contribution < 1.29 is 23.5 Å². The molecule has 0 radical (unpaired) electrons. The van der Waals surface area contributed by atoms with Gasteiger partial charge in [0, 0.05) is 29.6 Å². The number of benzene rings is 2. The number of carbonyl (C=O) groups is 1. The van der Waals surface area contributed by atoms with Crippen molar-refractivity contribution in [3.63, 3.8) is 0 Å². The monoisotopic (exact) mass is 434 g/mol. The molecule has 2 heterocycles. The van der Waals surface area contributed by atoms with E-state index >= 15 is 0 Å². The van der Waals surface area contributed by atoms with Gasteiger partial charge in [-0.3, -0.25) is 4.79 Å². The van der Waals surface area contributed by atoms with E-state index in [1.54, 1.807) is 22.9 Å². The molecule has 0 spiro atoms. The summed E-state index contributed by atoms with van der Waals surface area (Å²) in [6, 6.07) is 16.5. The van der Waals surface area contributed by atoms with Gasteiger partial charge in [-0.1, -0.05) is 35.5 Å². The van der Waals surface area contributed by atoms with Gasteiger partial charge in [0.1, 0.15) is 12.2 Å². The summed E-state index contributed by atoms with van der Waals surface area (Å²) in [6.07, 6.45) is 1.77. The third-order valence-corrected chi connectivity index (χ3v) is 4.77. The van der Waals surface area contributed by atoms with Crippen LogP contribution in [0.3, 0.4) is 0 Å². The summed E-state index contributed by atoms with van der Waals surface area (Å²) in [4.78, 5) is 17.2. The van der Waals surface area contributed by atoms with Crippen LogP contribution in [-0.2, 0) is 11.3 Å². The van der Waals surface area contributed by atoms with Crippen LogP contribution in [0.4, 0.5) is 5.69 Å². The molecule has 2 aromatic heterocycles. The van der Waals surface area contributed by atoms with Gasteiger partial charge < -0.3 is 28.6 Å². The second-order valence-electron chi connectivity index (χ2n) is 6.77. The molecule has 9 heteroatoms. The molecule has 0 aliphatic heterocycles. The van der Waals surface area contributed by atoms with Crippen LogP contribution in [0.25, 0.3) is 23.0 Å². The average molecular weight is 434 g/mol. The highest BCUT2D eigenvalue weighted by atomic mass is 16.5. The fourth-order valence-electron chi connectivity index (χ4n) is 3.29. The molecule has 164 valence electrons. The van der Waals surface area contributed by atoms with Crippen molar-refractivity contribution in [2.75, 3.05) is 26.6 Å². The van der Waals surface area contributed by atoms with E-state index in [0.29, 0.717) is 40.3 Å². The molecule has 4 aromatic rings. The number of anilines is 1. The highest BCUT2D eigenvalue weighted by Gasteiger charge is 2.17.